The molecule has 0 saturated carbocycles. The summed E-state index contributed by atoms with van der Waals surface area (Å²) in [5.41, 5.74) is 0.999. The van der Waals surface area contributed by atoms with Gasteiger partial charge in [-0.05, 0) is 19.4 Å². The molecule has 1 aromatic carbocycles. The van der Waals surface area contributed by atoms with Crippen LogP contribution in [0.1, 0.15) is 25.5 Å². The third-order valence-electron chi connectivity index (χ3n) is 3.25. The zero-order valence-electron chi connectivity index (χ0n) is 10.6. The Morgan fingerprint density at radius 2 is 1.53 bits per heavy atom. The van der Waals surface area contributed by atoms with E-state index in [9.17, 15) is 19.5 Å². The molecule has 1 N–H and O–H groups in total. The van der Waals surface area contributed by atoms with Gasteiger partial charge in [-0.2, -0.15) is 0 Å². The second kappa shape index (κ2) is 4.68. The number of nitrogens with zero attached hydrogens (tertiary/aromatic N) is 1. The van der Waals surface area contributed by atoms with Gasteiger partial charge in [0.1, 0.15) is 0 Å². The van der Waals surface area contributed by atoms with Crippen molar-refractivity contribution in [3.8, 4) is 0 Å². The van der Waals surface area contributed by atoms with Gasteiger partial charge in [0, 0.05) is 11.1 Å². The van der Waals surface area contributed by atoms with Crippen LogP contribution >= 0.6 is 0 Å². The number of hydrogen-bond donors (Lipinski definition) is 1. The van der Waals surface area contributed by atoms with Crippen LogP contribution in [-0.4, -0.2) is 27.8 Å². The average Bonchev–Trinajstić information content (AvgIpc) is 2.58. The Hall–Kier alpha value is -2.43. The minimum Gasteiger partial charge on any atom is -0.479 e. The lowest BCUT2D eigenvalue weighted by atomic mass is 10.1. The van der Waals surface area contributed by atoms with Crippen molar-refractivity contribution in [1.82, 2.24) is 4.90 Å². The Kier molecular flexibility index (Phi) is 3.21. The van der Waals surface area contributed by atoms with Gasteiger partial charge in [0.2, 0.25) is 0 Å². The molecular formula is C14H13NO4. The quantitative estimate of drug-likeness (QED) is 0.835. The first-order valence-electron chi connectivity index (χ1n) is 5.78. The van der Waals surface area contributed by atoms with Crippen molar-refractivity contribution in [3.05, 3.63) is 47.0 Å². The largest absolute Gasteiger partial charge is 0.479 e. The Morgan fingerprint density at radius 1 is 1.05 bits per heavy atom. The molecule has 1 aliphatic rings. The lowest BCUT2D eigenvalue weighted by molar-refractivity contribution is -0.154. The molecule has 0 saturated heterocycles. The normalized spacial score (nSPS) is 17.1. The highest BCUT2D eigenvalue weighted by Gasteiger charge is 2.42. The summed E-state index contributed by atoms with van der Waals surface area (Å²) in [6.45, 7) is 3.05. The van der Waals surface area contributed by atoms with Crippen molar-refractivity contribution in [2.75, 3.05) is 0 Å². The van der Waals surface area contributed by atoms with Crippen LogP contribution in [0.25, 0.3) is 0 Å². The second-order valence-electron chi connectivity index (χ2n) is 4.38. The van der Waals surface area contributed by atoms with Crippen LogP contribution in [0.3, 0.4) is 0 Å². The molecule has 0 aliphatic carbocycles. The molecule has 2 rings (SSSR count). The number of imide groups is 1. The van der Waals surface area contributed by atoms with Crippen molar-refractivity contribution < 1.29 is 19.5 Å². The first-order chi connectivity index (χ1) is 8.95. The van der Waals surface area contributed by atoms with Gasteiger partial charge in [0.25, 0.3) is 11.8 Å². The summed E-state index contributed by atoms with van der Waals surface area (Å²) in [4.78, 5) is 36.3. The molecule has 1 atom stereocenters. The maximum Gasteiger partial charge on any atom is 0.331 e. The van der Waals surface area contributed by atoms with Gasteiger partial charge in [-0.1, -0.05) is 30.3 Å². The molecule has 0 aromatic heterocycles. The first kappa shape index (κ1) is 13.0. The summed E-state index contributed by atoms with van der Waals surface area (Å²) in [5, 5.41) is 9.33. The predicted octanol–water partition coefficient (Wildman–Crippen LogP) is 1.52. The maximum atomic E-state index is 12.0. The summed E-state index contributed by atoms with van der Waals surface area (Å²) in [5.74, 6) is -2.31. The van der Waals surface area contributed by atoms with E-state index in [-0.39, 0.29) is 0 Å². The standard InChI is InChI=1S/C14H13NO4/c1-8-9(2)13(17)15(12(8)16)11(14(18)19)10-6-4-3-5-7-10/h3-7,11H,1-2H3,(H,18,19). The summed E-state index contributed by atoms with van der Waals surface area (Å²) in [6.07, 6.45) is 0. The van der Waals surface area contributed by atoms with Crippen LogP contribution in [0, 0.1) is 0 Å². The summed E-state index contributed by atoms with van der Waals surface area (Å²) >= 11 is 0. The number of amides is 2. The van der Waals surface area contributed by atoms with E-state index in [2.05, 4.69) is 0 Å². The third kappa shape index (κ3) is 2.03. The van der Waals surface area contributed by atoms with E-state index >= 15 is 0 Å². The molecule has 1 aromatic rings. The molecule has 19 heavy (non-hydrogen) atoms. The first-order valence-corrected chi connectivity index (χ1v) is 5.78. The van der Waals surface area contributed by atoms with Crippen LogP contribution in [0.15, 0.2) is 41.5 Å². The highest BCUT2D eigenvalue weighted by Crippen LogP contribution is 2.30. The molecule has 5 nitrogen and oxygen atoms in total. The van der Waals surface area contributed by atoms with Crippen LogP contribution in [-0.2, 0) is 14.4 Å². The van der Waals surface area contributed by atoms with Gasteiger partial charge in [-0.3, -0.25) is 14.5 Å². The molecule has 1 unspecified atom stereocenters. The van der Waals surface area contributed by atoms with Gasteiger partial charge in [-0.15, -0.1) is 0 Å². The fraction of sp³-hybridized carbons (Fsp3) is 0.214. The zero-order chi connectivity index (χ0) is 14.2. The number of hydrogen-bond acceptors (Lipinski definition) is 3. The SMILES string of the molecule is CC1=C(C)C(=O)N(C(C(=O)O)c2ccccc2)C1=O. The molecule has 0 bridgehead atoms. The van der Waals surface area contributed by atoms with E-state index in [0.29, 0.717) is 16.7 Å². The monoisotopic (exact) mass is 259 g/mol. The summed E-state index contributed by atoms with van der Waals surface area (Å²) in [6, 6.07) is 6.97. The number of carboxylic acid groups (broad SMARTS) is 1. The lowest BCUT2D eigenvalue weighted by Gasteiger charge is -2.23. The molecule has 0 spiro atoms. The Morgan fingerprint density at radius 3 is 1.95 bits per heavy atom. The number of carboxylic acids is 1. The Bertz CT molecular complexity index is 565. The minimum absolute atomic E-state index is 0.298. The molecule has 98 valence electrons. The summed E-state index contributed by atoms with van der Waals surface area (Å²) < 4.78 is 0. The van der Waals surface area contributed by atoms with Gasteiger partial charge >= 0.3 is 5.97 Å². The van der Waals surface area contributed by atoms with Crippen molar-refractivity contribution in [2.45, 2.75) is 19.9 Å². The molecule has 0 fully saturated rings. The smallest absolute Gasteiger partial charge is 0.331 e. The van der Waals surface area contributed by atoms with Crippen LogP contribution in [0.4, 0.5) is 0 Å². The number of benzene rings is 1. The molecule has 5 heteroatoms. The second-order valence-corrected chi connectivity index (χ2v) is 4.38. The predicted molar refractivity (Wildman–Crippen MR) is 67.0 cm³/mol. The average molecular weight is 259 g/mol. The number of rotatable bonds is 3. The highest BCUT2D eigenvalue weighted by atomic mass is 16.4. The molecule has 0 radical (unpaired) electrons. The van der Waals surface area contributed by atoms with E-state index in [0.717, 1.165) is 4.90 Å². The number of carbonyl (C=O) groups is 3. The van der Waals surface area contributed by atoms with Crippen molar-refractivity contribution in [3.63, 3.8) is 0 Å². The molecular weight excluding hydrogens is 246 g/mol. The minimum atomic E-state index is -1.28. The van der Waals surface area contributed by atoms with E-state index < -0.39 is 23.8 Å². The Labute approximate surface area is 110 Å². The van der Waals surface area contributed by atoms with Crippen LogP contribution in [0.5, 0.6) is 0 Å². The number of carbonyl (C=O) groups excluding carboxylic acids is 2. The van der Waals surface area contributed by atoms with Crippen molar-refractivity contribution in [2.24, 2.45) is 0 Å². The highest BCUT2D eigenvalue weighted by molar-refractivity contribution is 6.20. The van der Waals surface area contributed by atoms with E-state index in [1.807, 2.05) is 0 Å². The zero-order valence-corrected chi connectivity index (χ0v) is 10.6. The molecule has 1 aliphatic heterocycles. The number of aliphatic carboxylic acids is 1. The van der Waals surface area contributed by atoms with Gasteiger partial charge in [0.05, 0.1) is 0 Å². The van der Waals surface area contributed by atoms with Gasteiger partial charge < -0.3 is 5.11 Å². The topological polar surface area (TPSA) is 74.7 Å². The molecule has 2 amide bonds. The fourth-order valence-corrected chi connectivity index (χ4v) is 2.05. The van der Waals surface area contributed by atoms with Crippen LogP contribution < -0.4 is 0 Å². The fourth-order valence-electron chi connectivity index (χ4n) is 2.05. The lowest BCUT2D eigenvalue weighted by Crippen LogP contribution is -2.39. The molecule has 1 heterocycles. The van der Waals surface area contributed by atoms with Crippen LogP contribution in [0.2, 0.25) is 0 Å². The van der Waals surface area contributed by atoms with E-state index in [1.165, 1.54) is 13.8 Å². The van der Waals surface area contributed by atoms with Gasteiger partial charge in [0.15, 0.2) is 6.04 Å². The van der Waals surface area contributed by atoms with E-state index in [1.54, 1.807) is 30.3 Å². The van der Waals surface area contributed by atoms with Crippen molar-refractivity contribution in [1.29, 1.82) is 0 Å². The van der Waals surface area contributed by atoms with Gasteiger partial charge in [-0.25, -0.2) is 4.79 Å². The maximum absolute atomic E-state index is 12.0. The summed E-state index contributed by atoms with van der Waals surface area (Å²) in [7, 11) is 0. The Balaban J connectivity index is 2.47. The van der Waals surface area contributed by atoms with Crippen molar-refractivity contribution >= 4 is 17.8 Å². The van der Waals surface area contributed by atoms with E-state index in [4.69, 9.17) is 0 Å². The third-order valence-corrected chi connectivity index (χ3v) is 3.25.